The van der Waals surface area contributed by atoms with Crippen LogP contribution in [-0.4, -0.2) is 38.5 Å². The van der Waals surface area contributed by atoms with Gasteiger partial charge in [0.05, 0.1) is 5.69 Å². The molecule has 0 atom stereocenters. The fourth-order valence-electron chi connectivity index (χ4n) is 3.76. The highest BCUT2D eigenvalue weighted by Gasteiger charge is 2.23. The normalized spacial score (nSPS) is 11.1. The number of rotatable bonds is 7. The van der Waals surface area contributed by atoms with Crippen molar-refractivity contribution < 1.29 is 14.0 Å². The van der Waals surface area contributed by atoms with E-state index in [0.717, 1.165) is 11.1 Å². The van der Waals surface area contributed by atoms with Gasteiger partial charge in [-0.1, -0.05) is 60.7 Å². The summed E-state index contributed by atoms with van der Waals surface area (Å²) in [6.45, 7) is 5.73. The summed E-state index contributed by atoms with van der Waals surface area (Å²) in [7, 11) is 0. The molecular weight excluding hydrogens is 469 g/mol. The number of anilines is 1. The molecule has 1 aromatic heterocycles. The van der Waals surface area contributed by atoms with Gasteiger partial charge in [-0.2, -0.15) is 0 Å². The summed E-state index contributed by atoms with van der Waals surface area (Å²) in [5, 5.41) is 5.77. The van der Waals surface area contributed by atoms with Crippen LogP contribution in [0.25, 0.3) is 16.9 Å². The average Bonchev–Trinajstić information content (AvgIpc) is 3.28. The molecule has 1 heterocycles. The molecule has 2 N–H and O–H groups in total. The number of hydrogen-bond donors (Lipinski definition) is 2. The van der Waals surface area contributed by atoms with E-state index in [0.29, 0.717) is 11.4 Å². The van der Waals surface area contributed by atoms with Crippen molar-refractivity contribution in [3.8, 4) is 16.9 Å². The molecule has 0 bridgehead atoms. The number of halogens is 1. The number of carbonyl (C=O) groups is 2. The van der Waals surface area contributed by atoms with Gasteiger partial charge in [0.1, 0.15) is 12.4 Å². The second-order valence-electron chi connectivity index (χ2n) is 9.73. The first kappa shape index (κ1) is 25.6. The van der Waals surface area contributed by atoms with Crippen LogP contribution in [0.4, 0.5) is 15.1 Å². The predicted octanol–water partition coefficient (Wildman–Crippen LogP) is 5.63. The lowest BCUT2D eigenvalue weighted by atomic mass is 10.1. The highest BCUT2D eigenvalue weighted by molar-refractivity contribution is 5.93. The Morgan fingerprint density at radius 2 is 1.54 bits per heavy atom. The quantitative estimate of drug-likeness (QED) is 0.346. The van der Waals surface area contributed by atoms with Crippen LogP contribution in [0.5, 0.6) is 0 Å². The lowest BCUT2D eigenvalue weighted by molar-refractivity contribution is -0.117. The summed E-state index contributed by atoms with van der Waals surface area (Å²) in [5.74, 6) is -0.501. The fraction of sp³-hybridized carbons (Fsp3) is 0.207. The largest absolute Gasteiger partial charge is 0.333 e. The fourth-order valence-corrected chi connectivity index (χ4v) is 3.76. The molecule has 0 aliphatic carbocycles. The van der Waals surface area contributed by atoms with Crippen LogP contribution in [0.1, 0.15) is 26.3 Å². The van der Waals surface area contributed by atoms with E-state index < -0.39 is 11.4 Å². The van der Waals surface area contributed by atoms with Crippen molar-refractivity contribution in [2.24, 2.45) is 0 Å². The van der Waals surface area contributed by atoms with Crippen molar-refractivity contribution in [1.29, 1.82) is 0 Å². The number of aromatic nitrogens is 2. The van der Waals surface area contributed by atoms with Crippen molar-refractivity contribution in [3.63, 3.8) is 0 Å². The smallest absolute Gasteiger partial charge is 0.318 e. The van der Waals surface area contributed by atoms with Crippen molar-refractivity contribution in [1.82, 2.24) is 19.8 Å². The summed E-state index contributed by atoms with van der Waals surface area (Å²) >= 11 is 0. The summed E-state index contributed by atoms with van der Waals surface area (Å²) < 4.78 is 15.3. The number of nitrogens with one attached hydrogen (secondary N) is 2. The molecule has 0 saturated heterocycles. The first-order chi connectivity index (χ1) is 17.7. The van der Waals surface area contributed by atoms with Crippen LogP contribution < -0.4 is 10.6 Å². The molecule has 0 aliphatic heterocycles. The molecule has 3 amide bonds. The standard InChI is InChI=1S/C29H30FN5O2/c1-29(2,3)33-28(37)34(18-21-10-6-4-7-11-21)20-26(36)32-27-31-25(22-12-8-5-9-13-22)19-35(27)24-16-14-23(30)15-17-24/h4-17,19H,18,20H2,1-3H3,(H,33,37)(H,31,32,36). The summed E-state index contributed by atoms with van der Waals surface area (Å²) in [4.78, 5) is 32.4. The van der Waals surface area contributed by atoms with Gasteiger partial charge < -0.3 is 10.2 Å². The minimum absolute atomic E-state index is 0.187. The van der Waals surface area contributed by atoms with E-state index in [2.05, 4.69) is 15.6 Å². The molecule has 4 aromatic rings. The molecule has 7 nitrogen and oxygen atoms in total. The maximum atomic E-state index is 13.6. The number of nitrogens with zero attached hydrogens (tertiary/aromatic N) is 3. The van der Waals surface area contributed by atoms with Gasteiger partial charge in [0, 0.05) is 29.5 Å². The highest BCUT2D eigenvalue weighted by atomic mass is 19.1. The number of urea groups is 1. The van der Waals surface area contributed by atoms with Gasteiger partial charge in [0.15, 0.2) is 0 Å². The Labute approximate surface area is 216 Å². The Balaban J connectivity index is 1.60. The molecule has 0 fully saturated rings. The van der Waals surface area contributed by atoms with Gasteiger partial charge in [-0.3, -0.25) is 14.7 Å². The van der Waals surface area contributed by atoms with Gasteiger partial charge in [0.25, 0.3) is 0 Å². The van der Waals surface area contributed by atoms with E-state index in [1.165, 1.54) is 17.0 Å². The number of benzene rings is 3. The third kappa shape index (κ3) is 7.04. The topological polar surface area (TPSA) is 79.3 Å². The number of imidazole rings is 1. The Morgan fingerprint density at radius 3 is 2.16 bits per heavy atom. The molecule has 0 radical (unpaired) electrons. The molecular formula is C29H30FN5O2. The first-order valence-corrected chi connectivity index (χ1v) is 12.0. The van der Waals surface area contributed by atoms with E-state index in [-0.39, 0.29) is 30.9 Å². The average molecular weight is 500 g/mol. The Hall–Kier alpha value is -4.46. The minimum atomic E-state index is -0.466. The van der Waals surface area contributed by atoms with Crippen molar-refractivity contribution in [2.45, 2.75) is 32.9 Å². The van der Waals surface area contributed by atoms with Crippen LogP contribution in [0.2, 0.25) is 0 Å². The molecule has 0 unspecified atom stereocenters. The van der Waals surface area contributed by atoms with Crippen molar-refractivity contribution >= 4 is 17.9 Å². The lowest BCUT2D eigenvalue weighted by Gasteiger charge is -2.28. The molecule has 0 saturated carbocycles. The molecule has 0 aliphatic rings. The number of carbonyl (C=O) groups excluding carboxylic acids is 2. The minimum Gasteiger partial charge on any atom is -0.333 e. The third-order valence-corrected chi connectivity index (χ3v) is 5.45. The van der Waals surface area contributed by atoms with Crippen LogP contribution in [-0.2, 0) is 11.3 Å². The molecule has 190 valence electrons. The Kier molecular flexibility index (Phi) is 7.67. The SMILES string of the molecule is CC(C)(C)NC(=O)N(CC(=O)Nc1nc(-c2ccccc2)cn1-c1ccc(F)cc1)Cc1ccccc1. The molecule has 0 spiro atoms. The zero-order valence-corrected chi connectivity index (χ0v) is 21.1. The molecule has 37 heavy (non-hydrogen) atoms. The molecule has 4 rings (SSSR count). The highest BCUT2D eigenvalue weighted by Crippen LogP contribution is 2.24. The lowest BCUT2D eigenvalue weighted by Crippen LogP contribution is -2.50. The van der Waals surface area contributed by atoms with Crippen LogP contribution in [0.3, 0.4) is 0 Å². The monoisotopic (exact) mass is 499 g/mol. The van der Waals surface area contributed by atoms with Crippen LogP contribution in [0, 0.1) is 5.82 Å². The van der Waals surface area contributed by atoms with Gasteiger partial charge in [-0.15, -0.1) is 0 Å². The number of hydrogen-bond acceptors (Lipinski definition) is 3. The van der Waals surface area contributed by atoms with Gasteiger partial charge in [-0.05, 0) is 50.6 Å². The zero-order valence-electron chi connectivity index (χ0n) is 21.1. The van der Waals surface area contributed by atoms with Gasteiger partial charge >= 0.3 is 6.03 Å². The molecule has 8 heteroatoms. The second-order valence-corrected chi connectivity index (χ2v) is 9.73. The van der Waals surface area contributed by atoms with E-state index in [1.54, 1.807) is 22.9 Å². The summed E-state index contributed by atoms with van der Waals surface area (Å²) in [6.07, 6.45) is 1.78. The van der Waals surface area contributed by atoms with E-state index in [4.69, 9.17) is 0 Å². The van der Waals surface area contributed by atoms with Gasteiger partial charge in [0.2, 0.25) is 11.9 Å². The Morgan fingerprint density at radius 1 is 0.919 bits per heavy atom. The second kappa shape index (κ2) is 11.1. The third-order valence-electron chi connectivity index (χ3n) is 5.45. The van der Waals surface area contributed by atoms with Crippen molar-refractivity contribution in [3.05, 3.63) is 103 Å². The van der Waals surface area contributed by atoms with Gasteiger partial charge in [-0.25, -0.2) is 14.2 Å². The first-order valence-electron chi connectivity index (χ1n) is 12.0. The van der Waals surface area contributed by atoms with E-state index >= 15 is 0 Å². The van der Waals surface area contributed by atoms with E-state index in [1.807, 2.05) is 81.4 Å². The maximum absolute atomic E-state index is 13.6. The van der Waals surface area contributed by atoms with Crippen LogP contribution >= 0.6 is 0 Å². The summed E-state index contributed by atoms with van der Waals surface area (Å²) in [5.41, 5.74) is 2.59. The zero-order chi connectivity index (χ0) is 26.4. The number of amides is 3. The summed E-state index contributed by atoms with van der Waals surface area (Å²) in [6, 6.07) is 24.6. The van der Waals surface area contributed by atoms with Crippen molar-refractivity contribution in [2.75, 3.05) is 11.9 Å². The molecule has 3 aromatic carbocycles. The van der Waals surface area contributed by atoms with E-state index in [9.17, 15) is 14.0 Å². The van der Waals surface area contributed by atoms with Crippen LogP contribution in [0.15, 0.2) is 91.1 Å². The maximum Gasteiger partial charge on any atom is 0.318 e. The predicted molar refractivity (Wildman–Crippen MR) is 143 cm³/mol. The Bertz CT molecular complexity index is 1350.